The van der Waals surface area contributed by atoms with Gasteiger partial charge in [-0.15, -0.1) is 0 Å². The minimum atomic E-state index is -4.14. The van der Waals surface area contributed by atoms with Crippen LogP contribution < -0.4 is 0 Å². The van der Waals surface area contributed by atoms with Crippen LogP contribution >= 0.6 is 0 Å². The highest BCUT2D eigenvalue weighted by Gasteiger charge is 2.35. The number of nitrogens with zero attached hydrogens (tertiary/aromatic N) is 2. The van der Waals surface area contributed by atoms with Crippen LogP contribution in [0, 0.1) is 0 Å². The van der Waals surface area contributed by atoms with Crippen molar-refractivity contribution in [3.63, 3.8) is 0 Å². The first-order valence-electron chi connectivity index (χ1n) is 7.07. The Morgan fingerprint density at radius 1 is 1.05 bits per heavy atom. The van der Waals surface area contributed by atoms with Gasteiger partial charge < -0.3 is 4.90 Å². The summed E-state index contributed by atoms with van der Waals surface area (Å²) in [7, 11) is 0. The molecule has 0 radical (unpaired) electrons. The van der Waals surface area contributed by atoms with E-state index < -0.39 is 12.6 Å². The van der Waals surface area contributed by atoms with Crippen LogP contribution in [0.1, 0.15) is 38.5 Å². The van der Waals surface area contributed by atoms with Crippen molar-refractivity contribution >= 4 is 5.91 Å². The van der Waals surface area contributed by atoms with Crippen LogP contribution in [-0.4, -0.2) is 54.1 Å². The lowest BCUT2D eigenvalue weighted by atomic mass is 10.0. The first kappa shape index (κ1) is 14.6. The van der Waals surface area contributed by atoms with E-state index in [-0.39, 0.29) is 18.5 Å². The fraction of sp³-hybridized carbons (Fsp3) is 0.923. The zero-order chi connectivity index (χ0) is 13.9. The van der Waals surface area contributed by atoms with Crippen molar-refractivity contribution in [3.05, 3.63) is 0 Å². The Morgan fingerprint density at radius 2 is 1.68 bits per heavy atom. The number of amides is 1. The highest BCUT2D eigenvalue weighted by atomic mass is 19.4. The minimum Gasteiger partial charge on any atom is -0.341 e. The predicted octanol–water partition coefficient (Wildman–Crippen LogP) is 2.42. The highest BCUT2D eigenvalue weighted by molar-refractivity contribution is 5.82. The number of piperidine rings is 1. The lowest BCUT2D eigenvalue weighted by molar-refractivity contribution is -0.147. The van der Waals surface area contributed by atoms with E-state index in [9.17, 15) is 18.0 Å². The van der Waals surface area contributed by atoms with Crippen molar-refractivity contribution in [3.8, 4) is 0 Å². The van der Waals surface area contributed by atoms with Crippen molar-refractivity contribution in [2.45, 2.75) is 50.7 Å². The number of carbonyl (C=O) groups is 1. The summed E-state index contributed by atoms with van der Waals surface area (Å²) in [6.07, 6.45) is -0.404. The van der Waals surface area contributed by atoms with Gasteiger partial charge in [0.1, 0.15) is 0 Å². The summed E-state index contributed by atoms with van der Waals surface area (Å²) < 4.78 is 37.0. The Morgan fingerprint density at radius 3 is 2.32 bits per heavy atom. The second kappa shape index (κ2) is 6.11. The zero-order valence-corrected chi connectivity index (χ0v) is 11.1. The monoisotopic (exact) mass is 278 g/mol. The van der Waals surface area contributed by atoms with E-state index in [1.165, 1.54) is 0 Å². The van der Waals surface area contributed by atoms with Crippen LogP contribution in [0.5, 0.6) is 0 Å². The highest BCUT2D eigenvalue weighted by Crippen LogP contribution is 2.25. The fourth-order valence-electron chi connectivity index (χ4n) is 2.96. The molecule has 1 atom stereocenters. The molecular formula is C13H21F3N2O. The largest absolute Gasteiger partial charge is 0.390 e. The van der Waals surface area contributed by atoms with Crippen LogP contribution in [0.4, 0.5) is 13.2 Å². The van der Waals surface area contributed by atoms with E-state index in [4.69, 9.17) is 0 Å². The van der Waals surface area contributed by atoms with Gasteiger partial charge in [0.25, 0.3) is 0 Å². The maximum absolute atomic E-state index is 12.3. The zero-order valence-electron chi connectivity index (χ0n) is 11.1. The summed E-state index contributed by atoms with van der Waals surface area (Å²) in [5.41, 5.74) is 0. The molecule has 0 spiro atoms. The molecule has 0 aromatic rings. The Kier molecular flexibility index (Phi) is 4.71. The molecule has 0 unspecified atom stereocenters. The van der Waals surface area contributed by atoms with Gasteiger partial charge in [-0.1, -0.05) is 6.42 Å². The fourth-order valence-corrected chi connectivity index (χ4v) is 2.96. The van der Waals surface area contributed by atoms with E-state index in [0.717, 1.165) is 38.8 Å². The molecule has 0 aromatic heterocycles. The van der Waals surface area contributed by atoms with Gasteiger partial charge >= 0.3 is 6.18 Å². The van der Waals surface area contributed by atoms with Gasteiger partial charge in [0.2, 0.25) is 5.91 Å². The molecular weight excluding hydrogens is 257 g/mol. The molecule has 0 aromatic carbocycles. The number of alkyl halides is 3. The summed E-state index contributed by atoms with van der Waals surface area (Å²) >= 11 is 0. The molecule has 2 aliphatic rings. The number of rotatable bonds is 3. The predicted molar refractivity (Wildman–Crippen MR) is 65.7 cm³/mol. The maximum atomic E-state index is 12.3. The lowest BCUT2D eigenvalue weighted by Gasteiger charge is -2.36. The smallest absolute Gasteiger partial charge is 0.341 e. The maximum Gasteiger partial charge on any atom is 0.390 e. The third kappa shape index (κ3) is 4.09. The second-order valence-electron chi connectivity index (χ2n) is 5.45. The van der Waals surface area contributed by atoms with Crippen molar-refractivity contribution < 1.29 is 18.0 Å². The third-order valence-corrected chi connectivity index (χ3v) is 4.00. The Labute approximate surface area is 111 Å². The normalized spacial score (nSPS) is 25.8. The molecule has 3 nitrogen and oxygen atoms in total. The number of hydrogen-bond donors (Lipinski definition) is 0. The first-order valence-corrected chi connectivity index (χ1v) is 7.07. The molecule has 2 fully saturated rings. The summed E-state index contributed by atoms with van der Waals surface area (Å²) in [6, 6.07) is -0.325. The number of halogens is 3. The average Bonchev–Trinajstić information content (AvgIpc) is 2.89. The van der Waals surface area contributed by atoms with Crippen molar-refractivity contribution in [2.24, 2.45) is 0 Å². The Hall–Kier alpha value is -0.780. The van der Waals surface area contributed by atoms with Gasteiger partial charge in [-0.05, 0) is 32.2 Å². The van der Waals surface area contributed by atoms with E-state index in [0.29, 0.717) is 13.0 Å². The second-order valence-corrected chi connectivity index (χ2v) is 5.45. The van der Waals surface area contributed by atoms with E-state index in [2.05, 4.69) is 0 Å². The van der Waals surface area contributed by atoms with Crippen LogP contribution in [-0.2, 0) is 4.79 Å². The number of hydrogen-bond acceptors (Lipinski definition) is 2. The summed E-state index contributed by atoms with van der Waals surface area (Å²) in [5, 5.41) is 0. The van der Waals surface area contributed by atoms with Crippen molar-refractivity contribution in [1.29, 1.82) is 0 Å². The van der Waals surface area contributed by atoms with Gasteiger partial charge in [-0.25, -0.2) is 0 Å². The summed E-state index contributed by atoms with van der Waals surface area (Å²) in [4.78, 5) is 15.9. The molecule has 2 rings (SSSR count). The minimum absolute atomic E-state index is 0.0411. The molecule has 0 aliphatic carbocycles. The van der Waals surface area contributed by atoms with Gasteiger partial charge in [-0.2, -0.15) is 13.2 Å². The third-order valence-electron chi connectivity index (χ3n) is 4.00. The van der Waals surface area contributed by atoms with Gasteiger partial charge in [0, 0.05) is 19.6 Å². The Bertz CT molecular complexity index is 314. The van der Waals surface area contributed by atoms with Crippen LogP contribution in [0.2, 0.25) is 0 Å². The Balaban J connectivity index is 1.93. The molecule has 19 heavy (non-hydrogen) atoms. The number of likely N-dealkylation sites (tertiary alicyclic amines) is 2. The summed E-state index contributed by atoms with van der Waals surface area (Å²) in [5.74, 6) is 0.0411. The van der Waals surface area contributed by atoms with Crippen LogP contribution in [0.25, 0.3) is 0 Å². The van der Waals surface area contributed by atoms with Crippen molar-refractivity contribution in [1.82, 2.24) is 9.80 Å². The van der Waals surface area contributed by atoms with Gasteiger partial charge in [0.05, 0.1) is 12.5 Å². The molecule has 0 N–H and O–H groups in total. The van der Waals surface area contributed by atoms with Crippen LogP contribution in [0.3, 0.4) is 0 Å². The van der Waals surface area contributed by atoms with Crippen LogP contribution in [0.15, 0.2) is 0 Å². The molecule has 6 heteroatoms. The van der Waals surface area contributed by atoms with Gasteiger partial charge in [0.15, 0.2) is 0 Å². The van der Waals surface area contributed by atoms with Crippen molar-refractivity contribution in [2.75, 3.05) is 26.2 Å². The SMILES string of the molecule is O=C([C@@H]1CCCCN1CCC(F)(F)F)N1CCCC1. The molecule has 2 heterocycles. The average molecular weight is 278 g/mol. The van der Waals surface area contributed by atoms with Gasteiger partial charge in [-0.3, -0.25) is 9.69 Å². The van der Waals surface area contributed by atoms with E-state index in [1.54, 1.807) is 4.90 Å². The van der Waals surface area contributed by atoms with E-state index in [1.807, 2.05) is 4.90 Å². The summed E-state index contributed by atoms with van der Waals surface area (Å²) in [6.45, 7) is 2.10. The molecule has 110 valence electrons. The topological polar surface area (TPSA) is 23.6 Å². The number of carbonyl (C=O) groups excluding carboxylic acids is 1. The molecule has 2 aliphatic heterocycles. The molecule has 0 bridgehead atoms. The quantitative estimate of drug-likeness (QED) is 0.791. The van der Waals surface area contributed by atoms with E-state index >= 15 is 0 Å². The standard InChI is InChI=1S/C13H21F3N2O/c14-13(15,16)6-10-17-7-2-1-5-11(17)12(19)18-8-3-4-9-18/h11H,1-10H2/t11-/m0/s1. The molecule has 0 saturated carbocycles. The first-order chi connectivity index (χ1) is 8.97. The molecule has 1 amide bonds. The lowest BCUT2D eigenvalue weighted by Crippen LogP contribution is -2.51. The molecule has 2 saturated heterocycles.